The zero-order chi connectivity index (χ0) is 32.0. The maximum absolute atomic E-state index is 13.6. The van der Waals surface area contributed by atoms with Gasteiger partial charge in [0.05, 0.1) is 47.0 Å². The second kappa shape index (κ2) is 14.3. The van der Waals surface area contributed by atoms with E-state index in [2.05, 4.69) is 18.8 Å². The van der Waals surface area contributed by atoms with Crippen LogP contribution in [0.2, 0.25) is 5.02 Å². The van der Waals surface area contributed by atoms with Crippen LogP contribution in [0.3, 0.4) is 0 Å². The predicted octanol–water partition coefficient (Wildman–Crippen LogP) is 5.89. The first-order valence-corrected chi connectivity index (χ1v) is 16.5. The summed E-state index contributed by atoms with van der Waals surface area (Å²) in [5.41, 5.74) is 1.33. The van der Waals surface area contributed by atoms with E-state index in [9.17, 15) is 22.8 Å². The predicted molar refractivity (Wildman–Crippen MR) is 170 cm³/mol. The van der Waals surface area contributed by atoms with Crippen LogP contribution in [0.25, 0.3) is 0 Å². The van der Waals surface area contributed by atoms with Gasteiger partial charge in [0.1, 0.15) is 10.8 Å². The molecule has 1 aromatic heterocycles. The van der Waals surface area contributed by atoms with Crippen molar-refractivity contribution in [2.45, 2.75) is 38.0 Å². The van der Waals surface area contributed by atoms with Gasteiger partial charge in [-0.1, -0.05) is 24.6 Å². The number of sulfonamides is 1. The molecule has 0 aliphatic heterocycles. The smallest absolute Gasteiger partial charge is 0.341 e. The van der Waals surface area contributed by atoms with Gasteiger partial charge < -0.3 is 19.5 Å². The number of nitrogens with zero attached hydrogens (tertiary/aromatic N) is 1. The molecule has 1 aliphatic rings. The number of carbonyl (C=O) groups is 3. The summed E-state index contributed by atoms with van der Waals surface area (Å²) in [5, 5.41) is 2.97. The summed E-state index contributed by atoms with van der Waals surface area (Å²) in [5.74, 6) is -1.18. The van der Waals surface area contributed by atoms with Gasteiger partial charge in [0.2, 0.25) is 0 Å². The third-order valence-electron chi connectivity index (χ3n) is 6.98. The molecule has 1 atom stereocenters. The summed E-state index contributed by atoms with van der Waals surface area (Å²) in [7, 11) is -2.67. The highest BCUT2D eigenvalue weighted by Gasteiger charge is 2.30. The fourth-order valence-electron chi connectivity index (χ4n) is 4.79. The Hall–Kier alpha value is -3.87. The van der Waals surface area contributed by atoms with E-state index in [1.165, 1.54) is 36.7 Å². The van der Waals surface area contributed by atoms with Crippen molar-refractivity contribution in [1.82, 2.24) is 0 Å². The SMILES string of the molecule is C=CCN(c1ccc(OC)cc1)S(=O)(=O)c1ccc(Cl)c(C(=O)OCC(=O)Nc2sc3c(c2C(=O)OCC)CC[C@@H](C)C3)c1. The average Bonchev–Trinajstić information content (AvgIpc) is 3.35. The number of ether oxygens (including phenoxy) is 3. The second-order valence-electron chi connectivity index (χ2n) is 10.1. The topological polar surface area (TPSA) is 128 Å². The number of amides is 1. The van der Waals surface area contributed by atoms with Gasteiger partial charge in [-0.05, 0) is 80.1 Å². The summed E-state index contributed by atoms with van der Waals surface area (Å²) in [4.78, 5) is 39.4. The number of esters is 2. The highest BCUT2D eigenvalue weighted by molar-refractivity contribution is 7.92. The zero-order valence-electron chi connectivity index (χ0n) is 24.6. The van der Waals surface area contributed by atoms with E-state index < -0.39 is 34.5 Å². The molecule has 13 heteroatoms. The van der Waals surface area contributed by atoms with E-state index in [4.69, 9.17) is 25.8 Å². The minimum Gasteiger partial charge on any atom is -0.497 e. The Kier molecular flexibility index (Phi) is 10.7. The number of hydrogen-bond acceptors (Lipinski definition) is 9. The summed E-state index contributed by atoms with van der Waals surface area (Å²) < 4.78 is 44.0. The van der Waals surface area contributed by atoms with Gasteiger partial charge in [-0.25, -0.2) is 18.0 Å². The number of benzene rings is 2. The van der Waals surface area contributed by atoms with Crippen LogP contribution in [0.5, 0.6) is 5.75 Å². The normalized spacial score (nSPS) is 14.2. The van der Waals surface area contributed by atoms with Crippen molar-refractivity contribution >= 4 is 61.5 Å². The Bertz CT molecular complexity index is 1670. The van der Waals surface area contributed by atoms with Crippen LogP contribution in [0.1, 0.15) is 51.4 Å². The molecule has 1 aliphatic carbocycles. The molecule has 3 aromatic rings. The molecule has 0 unspecified atom stereocenters. The fourth-order valence-corrected chi connectivity index (χ4v) is 7.86. The number of halogens is 1. The standard InChI is InChI=1S/C31H33ClN2O8S2/c1-5-15-34(20-8-10-21(40-4)11-9-20)44(38,39)22-12-14-25(32)24(17-22)30(36)42-18-27(35)33-29-28(31(37)41-6-2)23-13-7-19(3)16-26(23)43-29/h5,8-12,14,17,19H,1,6-7,13,15-16,18H2,2-4H3,(H,33,35)/t19-/m1/s1. The van der Waals surface area contributed by atoms with Crippen molar-refractivity contribution < 1.29 is 37.0 Å². The number of nitrogens with one attached hydrogen (secondary N) is 1. The molecule has 4 rings (SSSR count). The maximum atomic E-state index is 13.6. The monoisotopic (exact) mass is 660 g/mol. The lowest BCUT2D eigenvalue weighted by atomic mass is 9.88. The summed E-state index contributed by atoms with van der Waals surface area (Å²) in [6.45, 7) is 6.94. The lowest BCUT2D eigenvalue weighted by molar-refractivity contribution is -0.119. The number of thiophene rings is 1. The van der Waals surface area contributed by atoms with Crippen LogP contribution in [0.4, 0.5) is 10.7 Å². The number of anilines is 2. The highest BCUT2D eigenvalue weighted by Crippen LogP contribution is 2.40. The highest BCUT2D eigenvalue weighted by atomic mass is 35.5. The van der Waals surface area contributed by atoms with E-state index in [0.717, 1.165) is 33.7 Å². The number of hydrogen-bond donors (Lipinski definition) is 1. The second-order valence-corrected chi connectivity index (χ2v) is 13.4. The molecule has 234 valence electrons. The fraction of sp³-hybridized carbons (Fsp3) is 0.323. The van der Waals surface area contributed by atoms with E-state index in [1.807, 2.05) is 0 Å². The molecule has 0 saturated heterocycles. The largest absolute Gasteiger partial charge is 0.497 e. The minimum absolute atomic E-state index is 0.0455. The summed E-state index contributed by atoms with van der Waals surface area (Å²) in [6, 6.07) is 10.1. The van der Waals surface area contributed by atoms with Crippen molar-refractivity contribution in [1.29, 1.82) is 0 Å². The first-order valence-electron chi connectivity index (χ1n) is 13.9. The maximum Gasteiger partial charge on any atom is 0.341 e. The molecular formula is C31H33ClN2O8S2. The van der Waals surface area contributed by atoms with Gasteiger partial charge in [0.15, 0.2) is 6.61 Å². The van der Waals surface area contributed by atoms with E-state index in [-0.39, 0.29) is 28.6 Å². The van der Waals surface area contributed by atoms with Crippen molar-refractivity contribution in [3.8, 4) is 5.75 Å². The third-order valence-corrected chi connectivity index (χ3v) is 10.3. The van der Waals surface area contributed by atoms with Crippen LogP contribution < -0.4 is 14.4 Å². The molecule has 1 heterocycles. The van der Waals surface area contributed by atoms with Crippen molar-refractivity contribution in [2.75, 3.05) is 36.5 Å². The Morgan fingerprint density at radius 2 is 1.86 bits per heavy atom. The quantitative estimate of drug-likeness (QED) is 0.188. The first-order chi connectivity index (χ1) is 21.0. The van der Waals surface area contributed by atoms with Gasteiger partial charge in [0, 0.05) is 4.88 Å². The van der Waals surface area contributed by atoms with Gasteiger partial charge in [-0.3, -0.25) is 9.10 Å². The average molecular weight is 661 g/mol. The number of methoxy groups -OCH3 is 1. The van der Waals surface area contributed by atoms with Crippen LogP contribution in [-0.2, 0) is 37.1 Å². The molecular weight excluding hydrogens is 628 g/mol. The van der Waals surface area contributed by atoms with Crippen LogP contribution in [-0.4, -0.2) is 53.1 Å². The minimum atomic E-state index is -4.17. The first kappa shape index (κ1) is 33.0. The van der Waals surface area contributed by atoms with Crippen molar-refractivity contribution in [3.63, 3.8) is 0 Å². The van der Waals surface area contributed by atoms with Gasteiger partial charge in [-0.15, -0.1) is 17.9 Å². The molecule has 0 spiro atoms. The Balaban J connectivity index is 1.51. The van der Waals surface area contributed by atoms with Crippen LogP contribution in [0, 0.1) is 5.92 Å². The lowest BCUT2D eigenvalue weighted by Gasteiger charge is -2.23. The number of fused-ring (bicyclic) bond motifs is 1. The van der Waals surface area contributed by atoms with Gasteiger partial charge in [-0.2, -0.15) is 0 Å². The molecule has 44 heavy (non-hydrogen) atoms. The van der Waals surface area contributed by atoms with Gasteiger partial charge in [0.25, 0.3) is 15.9 Å². The Labute approximate surface area is 265 Å². The van der Waals surface area contributed by atoms with E-state index in [0.29, 0.717) is 34.3 Å². The van der Waals surface area contributed by atoms with Crippen molar-refractivity contribution in [2.24, 2.45) is 5.92 Å². The molecule has 0 fully saturated rings. The summed E-state index contributed by atoms with van der Waals surface area (Å²) >= 11 is 7.56. The van der Waals surface area contributed by atoms with Crippen LogP contribution >= 0.6 is 22.9 Å². The molecule has 0 saturated carbocycles. The number of carbonyl (C=O) groups excluding carboxylic acids is 3. The van der Waals surface area contributed by atoms with E-state index >= 15 is 0 Å². The molecule has 1 amide bonds. The molecule has 1 N–H and O–H groups in total. The van der Waals surface area contributed by atoms with E-state index in [1.54, 1.807) is 31.2 Å². The zero-order valence-corrected chi connectivity index (χ0v) is 26.9. The van der Waals surface area contributed by atoms with Crippen molar-refractivity contribution in [3.05, 3.63) is 81.7 Å². The molecule has 0 radical (unpaired) electrons. The number of rotatable bonds is 12. The molecule has 10 nitrogen and oxygen atoms in total. The summed E-state index contributed by atoms with van der Waals surface area (Å²) in [6.07, 6.45) is 3.84. The third kappa shape index (κ3) is 7.25. The molecule has 2 aromatic carbocycles. The molecule has 0 bridgehead atoms. The Morgan fingerprint density at radius 3 is 2.52 bits per heavy atom. The van der Waals surface area contributed by atoms with Crippen LogP contribution in [0.15, 0.2) is 60.0 Å². The Morgan fingerprint density at radius 1 is 1.14 bits per heavy atom. The lowest BCUT2D eigenvalue weighted by Crippen LogP contribution is -2.31. The van der Waals surface area contributed by atoms with Gasteiger partial charge >= 0.3 is 11.9 Å².